The fourth-order valence-electron chi connectivity index (χ4n) is 4.85. The van der Waals surface area contributed by atoms with Crippen molar-refractivity contribution in [1.82, 2.24) is 20.2 Å². The summed E-state index contributed by atoms with van der Waals surface area (Å²) < 4.78 is 16.6. The topological polar surface area (TPSA) is 141 Å². The zero-order valence-electron chi connectivity index (χ0n) is 22.9. The zero-order chi connectivity index (χ0) is 28.9. The predicted molar refractivity (Wildman–Crippen MR) is 153 cm³/mol. The Hall–Kier alpha value is -4.97. The number of likely N-dealkylation sites (tertiary alicyclic amines) is 1. The molecule has 2 N–H and O–H groups in total. The van der Waals surface area contributed by atoms with E-state index < -0.39 is 11.0 Å². The fourth-order valence-corrected chi connectivity index (χ4v) is 4.85. The third-order valence-corrected chi connectivity index (χ3v) is 7.00. The molecule has 0 spiro atoms. The Morgan fingerprint density at radius 2 is 1.88 bits per heavy atom. The summed E-state index contributed by atoms with van der Waals surface area (Å²) in [4.78, 5) is 34.8. The number of carbonyl (C=O) groups excluding carboxylic acids is 1. The number of hydrogen-bond donors (Lipinski definition) is 2. The van der Waals surface area contributed by atoms with Crippen molar-refractivity contribution in [2.75, 3.05) is 32.6 Å². The number of nitrogens with zero attached hydrogens (tertiary/aromatic N) is 4. The normalized spacial score (nSPS) is 15.0. The van der Waals surface area contributed by atoms with Crippen molar-refractivity contribution in [3.05, 3.63) is 82.2 Å². The van der Waals surface area contributed by atoms with Gasteiger partial charge in [0.25, 0.3) is 5.69 Å². The number of hydrogen-bond acceptors (Lipinski definition) is 9. The monoisotopic (exact) mass is 558 g/mol. The van der Waals surface area contributed by atoms with Gasteiger partial charge in [0.15, 0.2) is 11.5 Å². The maximum absolute atomic E-state index is 12.8. The lowest BCUT2D eigenvalue weighted by Gasteiger charge is -2.18. The Kier molecular flexibility index (Phi) is 8.11. The van der Waals surface area contributed by atoms with Crippen molar-refractivity contribution < 1.29 is 23.9 Å². The van der Waals surface area contributed by atoms with E-state index in [9.17, 15) is 14.9 Å². The van der Waals surface area contributed by atoms with Crippen LogP contribution in [-0.2, 0) is 6.54 Å². The molecule has 0 radical (unpaired) electrons. The summed E-state index contributed by atoms with van der Waals surface area (Å²) in [6.07, 6.45) is 2.11. The third-order valence-electron chi connectivity index (χ3n) is 7.00. The maximum atomic E-state index is 12.8. The minimum absolute atomic E-state index is 0.0496. The molecule has 41 heavy (non-hydrogen) atoms. The van der Waals surface area contributed by atoms with E-state index in [1.165, 1.54) is 49.9 Å². The SMILES string of the molecule is COc1cc2ncnc(Oc3ccc(NC(=O)N[C@H]4CCN(Cc5ccccc5C)C4)c([N+](=O)[O-])c3)c2cc1OC. The van der Waals surface area contributed by atoms with Crippen LogP contribution in [0.1, 0.15) is 17.5 Å². The van der Waals surface area contributed by atoms with Gasteiger partial charge in [0.2, 0.25) is 5.88 Å². The van der Waals surface area contributed by atoms with E-state index in [0.717, 1.165) is 19.5 Å². The summed E-state index contributed by atoms with van der Waals surface area (Å²) in [6.45, 7) is 4.44. The molecule has 0 bridgehead atoms. The fraction of sp³-hybridized carbons (Fsp3) is 0.276. The van der Waals surface area contributed by atoms with Crippen LogP contribution >= 0.6 is 0 Å². The first-order valence-corrected chi connectivity index (χ1v) is 13.0. The molecule has 0 saturated carbocycles. The van der Waals surface area contributed by atoms with Gasteiger partial charge < -0.3 is 24.8 Å². The lowest BCUT2D eigenvalue weighted by atomic mass is 10.1. The molecule has 1 saturated heterocycles. The van der Waals surface area contributed by atoms with E-state index in [0.29, 0.717) is 28.9 Å². The number of nitro groups is 1. The van der Waals surface area contributed by atoms with Gasteiger partial charge in [0.05, 0.1) is 36.1 Å². The van der Waals surface area contributed by atoms with Crippen LogP contribution in [-0.4, -0.2) is 59.2 Å². The molecule has 1 aliphatic rings. The van der Waals surface area contributed by atoms with Crippen molar-refractivity contribution in [1.29, 1.82) is 0 Å². The predicted octanol–water partition coefficient (Wildman–Crippen LogP) is 5.05. The van der Waals surface area contributed by atoms with Crippen LogP contribution in [0.5, 0.6) is 23.1 Å². The molecule has 12 heteroatoms. The molecular formula is C29H30N6O6. The number of carbonyl (C=O) groups is 1. The number of ether oxygens (including phenoxy) is 3. The van der Waals surface area contributed by atoms with E-state index in [2.05, 4.69) is 44.6 Å². The summed E-state index contributed by atoms with van der Waals surface area (Å²) >= 11 is 0. The molecular weight excluding hydrogens is 528 g/mol. The maximum Gasteiger partial charge on any atom is 0.319 e. The highest BCUT2D eigenvalue weighted by Crippen LogP contribution is 2.37. The van der Waals surface area contributed by atoms with Crippen LogP contribution in [0.15, 0.2) is 60.9 Å². The standard InChI is InChI=1S/C29H30N6O6/c1-18-6-4-5-7-19(18)15-34-11-10-20(16-34)32-29(36)33-23-9-8-21(12-25(23)35(37)38)41-28-22-13-26(39-2)27(40-3)14-24(22)30-17-31-28/h4-9,12-14,17,20H,10-11,15-16H2,1-3H3,(H2,32,33,36)/t20-/m0/s1. The second-order valence-corrected chi connectivity index (χ2v) is 9.69. The third kappa shape index (κ3) is 6.28. The highest BCUT2D eigenvalue weighted by molar-refractivity contribution is 5.92. The molecule has 1 atom stereocenters. The van der Waals surface area contributed by atoms with Crippen molar-refractivity contribution in [2.24, 2.45) is 0 Å². The highest BCUT2D eigenvalue weighted by atomic mass is 16.6. The van der Waals surface area contributed by atoms with Crippen molar-refractivity contribution in [3.63, 3.8) is 0 Å². The number of methoxy groups -OCH3 is 2. The van der Waals surface area contributed by atoms with E-state index >= 15 is 0 Å². The van der Waals surface area contributed by atoms with E-state index in [4.69, 9.17) is 14.2 Å². The molecule has 2 heterocycles. The van der Waals surface area contributed by atoms with E-state index in [-0.39, 0.29) is 29.0 Å². The Labute approximate surface area is 236 Å². The van der Waals surface area contributed by atoms with Gasteiger partial charge in [0, 0.05) is 31.7 Å². The average Bonchev–Trinajstić information content (AvgIpc) is 3.40. The van der Waals surface area contributed by atoms with Crippen LogP contribution in [0.3, 0.4) is 0 Å². The number of anilines is 1. The lowest BCUT2D eigenvalue weighted by Crippen LogP contribution is -2.39. The Bertz CT molecular complexity index is 1600. The largest absolute Gasteiger partial charge is 0.493 e. The number of nitrogens with one attached hydrogen (secondary N) is 2. The van der Waals surface area contributed by atoms with Crippen LogP contribution in [0.4, 0.5) is 16.2 Å². The molecule has 1 aromatic heterocycles. The number of rotatable bonds is 9. The number of amides is 2. The number of fused-ring (bicyclic) bond motifs is 1. The summed E-state index contributed by atoms with van der Waals surface area (Å²) in [5.41, 5.74) is 2.76. The van der Waals surface area contributed by atoms with Crippen LogP contribution < -0.4 is 24.8 Å². The van der Waals surface area contributed by atoms with Crippen LogP contribution in [0.2, 0.25) is 0 Å². The van der Waals surface area contributed by atoms with Gasteiger partial charge in [-0.1, -0.05) is 24.3 Å². The lowest BCUT2D eigenvalue weighted by molar-refractivity contribution is -0.384. The second kappa shape index (κ2) is 12.0. The Balaban J connectivity index is 1.26. The molecule has 12 nitrogen and oxygen atoms in total. The molecule has 2 amide bonds. The minimum Gasteiger partial charge on any atom is -0.493 e. The number of aryl methyl sites for hydroxylation is 1. The molecule has 3 aromatic carbocycles. The highest BCUT2D eigenvalue weighted by Gasteiger charge is 2.25. The first kappa shape index (κ1) is 27.6. The van der Waals surface area contributed by atoms with Gasteiger partial charge in [0.1, 0.15) is 17.8 Å². The van der Waals surface area contributed by atoms with Crippen molar-refractivity contribution >= 4 is 28.3 Å². The van der Waals surface area contributed by atoms with Crippen molar-refractivity contribution in [3.8, 4) is 23.1 Å². The van der Waals surface area contributed by atoms with Gasteiger partial charge in [-0.25, -0.2) is 14.8 Å². The van der Waals surface area contributed by atoms with Gasteiger partial charge in [-0.2, -0.15) is 0 Å². The first-order valence-electron chi connectivity index (χ1n) is 13.0. The minimum atomic E-state index is -0.575. The Morgan fingerprint density at radius 3 is 2.63 bits per heavy atom. The summed E-state index contributed by atoms with van der Waals surface area (Å²) in [5.74, 6) is 1.29. The Morgan fingerprint density at radius 1 is 1.10 bits per heavy atom. The van der Waals surface area contributed by atoms with Crippen LogP contribution in [0, 0.1) is 17.0 Å². The molecule has 1 fully saturated rings. The molecule has 212 valence electrons. The smallest absolute Gasteiger partial charge is 0.319 e. The molecule has 1 aliphatic heterocycles. The molecule has 5 rings (SSSR count). The number of nitro benzene ring substituents is 1. The number of aromatic nitrogens is 2. The van der Waals surface area contributed by atoms with Gasteiger partial charge >= 0.3 is 6.03 Å². The average molecular weight is 559 g/mol. The zero-order valence-corrected chi connectivity index (χ0v) is 22.9. The summed E-state index contributed by atoms with van der Waals surface area (Å²) in [6, 6.07) is 15.2. The second-order valence-electron chi connectivity index (χ2n) is 9.69. The summed E-state index contributed by atoms with van der Waals surface area (Å²) in [7, 11) is 3.03. The van der Waals surface area contributed by atoms with Gasteiger partial charge in [-0.3, -0.25) is 15.0 Å². The quantitative estimate of drug-likeness (QED) is 0.213. The molecule has 4 aromatic rings. The number of urea groups is 1. The van der Waals surface area contributed by atoms with E-state index in [1.54, 1.807) is 12.1 Å². The molecule has 0 unspecified atom stereocenters. The van der Waals surface area contributed by atoms with Gasteiger partial charge in [-0.15, -0.1) is 0 Å². The summed E-state index contributed by atoms with van der Waals surface area (Å²) in [5, 5.41) is 18.0. The van der Waals surface area contributed by atoms with Gasteiger partial charge in [-0.05, 0) is 42.7 Å². The van der Waals surface area contributed by atoms with Crippen LogP contribution in [0.25, 0.3) is 10.9 Å². The van der Waals surface area contributed by atoms with E-state index in [1.807, 2.05) is 12.1 Å². The number of benzene rings is 3. The molecule has 0 aliphatic carbocycles. The first-order chi connectivity index (χ1) is 19.8. The van der Waals surface area contributed by atoms with Crippen molar-refractivity contribution in [2.45, 2.75) is 25.9 Å².